The number of hydrogen-bond donors (Lipinski definition) is 1. The van der Waals surface area contributed by atoms with E-state index in [0.717, 1.165) is 25.3 Å². The lowest BCUT2D eigenvalue weighted by Crippen LogP contribution is -2.48. The first kappa shape index (κ1) is 16.3. The summed E-state index contributed by atoms with van der Waals surface area (Å²) in [5.74, 6) is -0.0668. The lowest BCUT2D eigenvalue weighted by Gasteiger charge is -2.34. The molecular formula is C16H23N3O3. The SMILES string of the molecule is CCOC(=O)N1CCN(Cc2ccc(NC(C)=O)cc2)CC1. The van der Waals surface area contributed by atoms with Gasteiger partial charge in [0, 0.05) is 45.3 Å². The molecule has 6 nitrogen and oxygen atoms in total. The molecule has 0 aromatic heterocycles. The van der Waals surface area contributed by atoms with Gasteiger partial charge in [-0.25, -0.2) is 4.79 Å². The van der Waals surface area contributed by atoms with Gasteiger partial charge in [0.05, 0.1) is 6.61 Å². The minimum atomic E-state index is -0.221. The van der Waals surface area contributed by atoms with E-state index < -0.39 is 0 Å². The molecule has 0 atom stereocenters. The van der Waals surface area contributed by atoms with Crippen LogP contribution in [0.25, 0.3) is 0 Å². The molecule has 22 heavy (non-hydrogen) atoms. The van der Waals surface area contributed by atoms with E-state index in [4.69, 9.17) is 4.74 Å². The maximum absolute atomic E-state index is 11.6. The van der Waals surface area contributed by atoms with Gasteiger partial charge in [0.15, 0.2) is 0 Å². The molecule has 0 bridgehead atoms. The van der Waals surface area contributed by atoms with Gasteiger partial charge in [0.1, 0.15) is 0 Å². The molecule has 120 valence electrons. The molecule has 1 heterocycles. The standard InChI is InChI=1S/C16H23N3O3/c1-3-22-16(21)19-10-8-18(9-11-19)12-14-4-6-15(7-5-14)17-13(2)20/h4-7H,3,8-12H2,1-2H3,(H,17,20). The highest BCUT2D eigenvalue weighted by atomic mass is 16.6. The predicted octanol–water partition coefficient (Wildman–Crippen LogP) is 1.92. The number of ether oxygens (including phenoxy) is 1. The van der Waals surface area contributed by atoms with Crippen LogP contribution in [0.2, 0.25) is 0 Å². The summed E-state index contributed by atoms with van der Waals surface area (Å²) in [5.41, 5.74) is 2.00. The summed E-state index contributed by atoms with van der Waals surface area (Å²) in [6, 6.07) is 7.85. The number of amides is 2. The Morgan fingerprint density at radius 2 is 1.77 bits per heavy atom. The number of benzene rings is 1. The van der Waals surface area contributed by atoms with Gasteiger partial charge in [-0.3, -0.25) is 9.69 Å². The lowest BCUT2D eigenvalue weighted by molar-refractivity contribution is -0.114. The van der Waals surface area contributed by atoms with Crippen LogP contribution in [-0.2, 0) is 16.1 Å². The normalized spacial score (nSPS) is 15.5. The molecule has 2 amide bonds. The molecule has 6 heteroatoms. The monoisotopic (exact) mass is 305 g/mol. The van der Waals surface area contributed by atoms with Crippen molar-refractivity contribution in [1.82, 2.24) is 9.80 Å². The third-order valence-corrected chi connectivity index (χ3v) is 3.58. The van der Waals surface area contributed by atoms with E-state index in [1.54, 1.807) is 4.90 Å². The third-order valence-electron chi connectivity index (χ3n) is 3.58. The second-order valence-corrected chi connectivity index (χ2v) is 5.34. The fraction of sp³-hybridized carbons (Fsp3) is 0.500. The van der Waals surface area contributed by atoms with Crippen LogP contribution >= 0.6 is 0 Å². The van der Waals surface area contributed by atoms with Crippen LogP contribution in [0.4, 0.5) is 10.5 Å². The maximum Gasteiger partial charge on any atom is 0.409 e. The first-order valence-electron chi connectivity index (χ1n) is 7.59. The molecular weight excluding hydrogens is 282 g/mol. The summed E-state index contributed by atoms with van der Waals surface area (Å²) in [4.78, 5) is 26.7. The van der Waals surface area contributed by atoms with Gasteiger partial charge in [-0.1, -0.05) is 12.1 Å². The molecule has 1 aliphatic rings. The summed E-state index contributed by atoms with van der Waals surface area (Å²) in [6.07, 6.45) is -0.221. The molecule has 0 spiro atoms. The van der Waals surface area contributed by atoms with Gasteiger partial charge < -0.3 is 15.0 Å². The topological polar surface area (TPSA) is 61.9 Å². The van der Waals surface area contributed by atoms with Gasteiger partial charge >= 0.3 is 6.09 Å². The summed E-state index contributed by atoms with van der Waals surface area (Å²) in [6.45, 7) is 7.65. The highest BCUT2D eigenvalue weighted by Crippen LogP contribution is 2.13. The van der Waals surface area contributed by atoms with E-state index in [9.17, 15) is 9.59 Å². The van der Waals surface area contributed by atoms with Crippen molar-refractivity contribution < 1.29 is 14.3 Å². The van der Waals surface area contributed by atoms with E-state index in [-0.39, 0.29) is 12.0 Å². The molecule has 1 N–H and O–H groups in total. The average Bonchev–Trinajstić information content (AvgIpc) is 2.50. The number of rotatable bonds is 4. The van der Waals surface area contributed by atoms with Crippen LogP contribution < -0.4 is 5.32 Å². The van der Waals surface area contributed by atoms with E-state index in [0.29, 0.717) is 19.7 Å². The largest absolute Gasteiger partial charge is 0.450 e. The quantitative estimate of drug-likeness (QED) is 0.923. The maximum atomic E-state index is 11.6. The number of anilines is 1. The number of carbonyl (C=O) groups excluding carboxylic acids is 2. The van der Waals surface area contributed by atoms with Crippen molar-refractivity contribution in [3.05, 3.63) is 29.8 Å². The number of hydrogen-bond acceptors (Lipinski definition) is 4. The molecule has 1 saturated heterocycles. The van der Waals surface area contributed by atoms with Gasteiger partial charge in [0.25, 0.3) is 0 Å². The molecule has 0 aliphatic carbocycles. The Hall–Kier alpha value is -2.08. The van der Waals surface area contributed by atoms with E-state index in [2.05, 4.69) is 10.2 Å². The molecule has 0 unspecified atom stereocenters. The Morgan fingerprint density at radius 3 is 2.32 bits per heavy atom. The Morgan fingerprint density at radius 1 is 1.14 bits per heavy atom. The molecule has 1 aromatic rings. The van der Waals surface area contributed by atoms with E-state index >= 15 is 0 Å². The van der Waals surface area contributed by atoms with E-state index in [1.165, 1.54) is 12.5 Å². The Kier molecular flexibility index (Phi) is 5.77. The smallest absolute Gasteiger partial charge is 0.409 e. The molecule has 0 radical (unpaired) electrons. The van der Waals surface area contributed by atoms with Crippen LogP contribution in [0.3, 0.4) is 0 Å². The van der Waals surface area contributed by atoms with Crippen molar-refractivity contribution in [3.8, 4) is 0 Å². The second kappa shape index (κ2) is 7.79. The number of piperazine rings is 1. The fourth-order valence-electron chi connectivity index (χ4n) is 2.46. The van der Waals surface area contributed by atoms with E-state index in [1.807, 2.05) is 31.2 Å². The minimum Gasteiger partial charge on any atom is -0.450 e. The second-order valence-electron chi connectivity index (χ2n) is 5.34. The third kappa shape index (κ3) is 4.73. The first-order chi connectivity index (χ1) is 10.6. The number of nitrogens with zero attached hydrogens (tertiary/aromatic N) is 2. The summed E-state index contributed by atoms with van der Waals surface area (Å²) in [5, 5.41) is 2.76. The highest BCUT2D eigenvalue weighted by molar-refractivity contribution is 5.88. The minimum absolute atomic E-state index is 0.0668. The number of nitrogens with one attached hydrogen (secondary N) is 1. The number of carbonyl (C=O) groups is 2. The molecule has 1 fully saturated rings. The zero-order chi connectivity index (χ0) is 15.9. The Balaban J connectivity index is 1.80. The highest BCUT2D eigenvalue weighted by Gasteiger charge is 2.21. The van der Waals surface area contributed by atoms with Gasteiger partial charge in [-0.15, -0.1) is 0 Å². The summed E-state index contributed by atoms with van der Waals surface area (Å²) in [7, 11) is 0. The predicted molar refractivity (Wildman–Crippen MR) is 84.6 cm³/mol. The van der Waals surface area contributed by atoms with Crippen molar-refractivity contribution in [2.24, 2.45) is 0 Å². The van der Waals surface area contributed by atoms with Crippen LogP contribution in [0.5, 0.6) is 0 Å². The lowest BCUT2D eigenvalue weighted by atomic mass is 10.2. The zero-order valence-electron chi connectivity index (χ0n) is 13.2. The van der Waals surface area contributed by atoms with Crippen molar-refractivity contribution in [2.75, 3.05) is 38.1 Å². The molecule has 0 saturated carbocycles. The van der Waals surface area contributed by atoms with Crippen molar-refractivity contribution in [3.63, 3.8) is 0 Å². The van der Waals surface area contributed by atoms with Gasteiger partial charge in [0.2, 0.25) is 5.91 Å². The summed E-state index contributed by atoms with van der Waals surface area (Å²) >= 11 is 0. The Bertz CT molecular complexity index is 508. The Labute approximate surface area is 131 Å². The van der Waals surface area contributed by atoms with Crippen molar-refractivity contribution in [2.45, 2.75) is 20.4 Å². The first-order valence-corrected chi connectivity index (χ1v) is 7.59. The molecule has 1 aliphatic heterocycles. The van der Waals surface area contributed by atoms with Crippen LogP contribution in [0.1, 0.15) is 19.4 Å². The van der Waals surface area contributed by atoms with Crippen LogP contribution in [0, 0.1) is 0 Å². The zero-order valence-corrected chi connectivity index (χ0v) is 13.2. The molecule has 2 rings (SSSR count). The van der Waals surface area contributed by atoms with Gasteiger partial charge in [-0.05, 0) is 24.6 Å². The fourth-order valence-corrected chi connectivity index (χ4v) is 2.46. The van der Waals surface area contributed by atoms with Crippen LogP contribution in [0.15, 0.2) is 24.3 Å². The average molecular weight is 305 g/mol. The molecule has 1 aromatic carbocycles. The van der Waals surface area contributed by atoms with Crippen molar-refractivity contribution in [1.29, 1.82) is 0 Å². The summed E-state index contributed by atoms with van der Waals surface area (Å²) < 4.78 is 5.01. The van der Waals surface area contributed by atoms with Crippen LogP contribution in [-0.4, -0.2) is 54.6 Å². The van der Waals surface area contributed by atoms with Crippen molar-refractivity contribution >= 4 is 17.7 Å². The van der Waals surface area contributed by atoms with Gasteiger partial charge in [-0.2, -0.15) is 0 Å².